The number of Topliss-reactive ketones (excluding diaryl/α,β-unsaturated/α-hetero) is 1. The molecule has 174 valence electrons. The lowest BCUT2D eigenvalue weighted by Crippen LogP contribution is -2.39. The monoisotopic (exact) mass is 454 g/mol. The van der Waals surface area contributed by atoms with Gasteiger partial charge in [0.1, 0.15) is 17.3 Å². The number of rotatable bonds is 7. The first-order chi connectivity index (χ1) is 16.0. The van der Waals surface area contributed by atoms with E-state index in [1.807, 2.05) is 0 Å². The van der Waals surface area contributed by atoms with E-state index in [-0.39, 0.29) is 23.4 Å². The van der Waals surface area contributed by atoms with Crippen molar-refractivity contribution in [3.63, 3.8) is 0 Å². The quantitative estimate of drug-likeness (QED) is 0.394. The average Bonchev–Trinajstić information content (AvgIpc) is 3.09. The van der Waals surface area contributed by atoms with Crippen LogP contribution in [0.15, 0.2) is 54.1 Å². The summed E-state index contributed by atoms with van der Waals surface area (Å²) in [6.07, 6.45) is 0.612. The number of hydrogen-bond acceptors (Lipinski definition) is 6. The van der Waals surface area contributed by atoms with Gasteiger partial charge in [0.25, 0.3) is 11.7 Å². The van der Waals surface area contributed by atoms with Gasteiger partial charge < -0.3 is 19.5 Å². The van der Waals surface area contributed by atoms with Crippen LogP contribution in [0.3, 0.4) is 0 Å². The molecule has 8 heteroatoms. The molecule has 0 spiro atoms. The molecule has 2 aliphatic heterocycles. The SMILES string of the molecule is COc1ccc(/C(O)=C2/C(=O)C(=O)N(CCCN3CCOCC3)C2c2ccccc2F)cc1. The summed E-state index contributed by atoms with van der Waals surface area (Å²) in [5, 5.41) is 11.0. The van der Waals surface area contributed by atoms with E-state index < -0.39 is 23.5 Å². The highest BCUT2D eigenvalue weighted by Crippen LogP contribution is 2.40. The molecule has 2 aliphatic rings. The van der Waals surface area contributed by atoms with E-state index in [0.29, 0.717) is 30.9 Å². The maximum atomic E-state index is 14.8. The number of carbonyl (C=O) groups is 2. The van der Waals surface area contributed by atoms with Crippen molar-refractivity contribution in [1.82, 2.24) is 9.80 Å². The minimum atomic E-state index is -1.00. The van der Waals surface area contributed by atoms with Gasteiger partial charge in [-0.1, -0.05) is 18.2 Å². The normalized spacial score (nSPS) is 20.9. The molecule has 33 heavy (non-hydrogen) atoms. The van der Waals surface area contributed by atoms with Crippen molar-refractivity contribution in [3.05, 3.63) is 71.0 Å². The largest absolute Gasteiger partial charge is 0.507 e. The third kappa shape index (κ3) is 4.77. The summed E-state index contributed by atoms with van der Waals surface area (Å²) in [5.41, 5.74) is 0.420. The number of methoxy groups -OCH3 is 1. The van der Waals surface area contributed by atoms with Crippen molar-refractivity contribution in [3.8, 4) is 5.75 Å². The number of amides is 1. The summed E-state index contributed by atoms with van der Waals surface area (Å²) in [7, 11) is 1.52. The van der Waals surface area contributed by atoms with Crippen molar-refractivity contribution in [2.24, 2.45) is 0 Å². The van der Waals surface area contributed by atoms with Crippen molar-refractivity contribution < 1.29 is 28.6 Å². The van der Waals surface area contributed by atoms with Crippen LogP contribution in [0.25, 0.3) is 5.76 Å². The van der Waals surface area contributed by atoms with Crippen molar-refractivity contribution in [2.45, 2.75) is 12.5 Å². The average molecular weight is 454 g/mol. The Bertz CT molecular complexity index is 1050. The van der Waals surface area contributed by atoms with Gasteiger partial charge in [-0.25, -0.2) is 4.39 Å². The first kappa shape index (κ1) is 22.9. The van der Waals surface area contributed by atoms with E-state index in [1.54, 1.807) is 42.5 Å². The highest BCUT2D eigenvalue weighted by molar-refractivity contribution is 6.46. The highest BCUT2D eigenvalue weighted by atomic mass is 19.1. The van der Waals surface area contributed by atoms with Gasteiger partial charge in [0.15, 0.2) is 0 Å². The number of aliphatic hydroxyl groups excluding tert-OH is 1. The number of ketones is 1. The number of nitrogens with zero attached hydrogens (tertiary/aromatic N) is 2. The molecule has 7 nitrogen and oxygen atoms in total. The third-order valence-corrected chi connectivity index (χ3v) is 6.08. The molecule has 0 saturated carbocycles. The molecule has 2 aromatic rings. The Morgan fingerprint density at radius 2 is 1.79 bits per heavy atom. The van der Waals surface area contributed by atoms with Gasteiger partial charge in [-0.2, -0.15) is 0 Å². The van der Waals surface area contributed by atoms with E-state index in [0.717, 1.165) is 19.6 Å². The number of hydrogen-bond donors (Lipinski definition) is 1. The predicted molar refractivity (Wildman–Crippen MR) is 120 cm³/mol. The molecule has 4 rings (SSSR count). The molecule has 0 bridgehead atoms. The molecule has 1 N–H and O–H groups in total. The maximum absolute atomic E-state index is 14.8. The van der Waals surface area contributed by atoms with Crippen LogP contribution in [-0.2, 0) is 14.3 Å². The first-order valence-corrected chi connectivity index (χ1v) is 11.0. The molecular formula is C25H27FN2O5. The Kier molecular flexibility index (Phi) is 7.05. The second-order valence-electron chi connectivity index (χ2n) is 8.05. The topological polar surface area (TPSA) is 79.3 Å². The standard InChI is InChI=1S/C25H27FN2O5/c1-32-18-9-7-17(8-10-18)23(29)21-22(19-5-2-3-6-20(19)26)28(25(31)24(21)30)12-4-11-27-13-15-33-16-14-27/h2-3,5-10,22,29H,4,11-16H2,1H3/b23-21-. The van der Waals surface area contributed by atoms with Gasteiger partial charge in [0.05, 0.1) is 31.9 Å². The van der Waals surface area contributed by atoms with E-state index in [9.17, 15) is 19.1 Å². The number of morpholine rings is 1. The second kappa shape index (κ2) is 10.1. The van der Waals surface area contributed by atoms with Crippen molar-refractivity contribution in [2.75, 3.05) is 46.5 Å². The lowest BCUT2D eigenvalue weighted by molar-refractivity contribution is -0.140. The zero-order chi connectivity index (χ0) is 23.4. The van der Waals surface area contributed by atoms with E-state index in [1.165, 1.54) is 18.1 Å². The lowest BCUT2D eigenvalue weighted by atomic mass is 9.95. The summed E-state index contributed by atoms with van der Waals surface area (Å²) in [4.78, 5) is 29.6. The zero-order valence-electron chi connectivity index (χ0n) is 18.5. The third-order valence-electron chi connectivity index (χ3n) is 6.08. The number of likely N-dealkylation sites (tertiary alicyclic amines) is 1. The van der Waals surface area contributed by atoms with Gasteiger partial charge in [0, 0.05) is 37.3 Å². The number of halogens is 1. The Labute approximate surface area is 192 Å². The van der Waals surface area contributed by atoms with Crippen LogP contribution in [0.5, 0.6) is 5.75 Å². The molecule has 1 atom stereocenters. The van der Waals surface area contributed by atoms with Crippen LogP contribution < -0.4 is 4.74 Å². The molecule has 2 heterocycles. The van der Waals surface area contributed by atoms with E-state index in [4.69, 9.17) is 9.47 Å². The van der Waals surface area contributed by atoms with Crippen LogP contribution in [0.4, 0.5) is 4.39 Å². The Balaban J connectivity index is 1.67. The second-order valence-corrected chi connectivity index (χ2v) is 8.05. The number of ether oxygens (including phenoxy) is 2. The fourth-order valence-electron chi connectivity index (χ4n) is 4.32. The molecule has 1 unspecified atom stereocenters. The van der Waals surface area contributed by atoms with Crippen LogP contribution in [-0.4, -0.2) is 73.1 Å². The van der Waals surface area contributed by atoms with Gasteiger partial charge in [0.2, 0.25) is 0 Å². The molecule has 0 aliphatic carbocycles. The smallest absolute Gasteiger partial charge is 0.295 e. The summed E-state index contributed by atoms with van der Waals surface area (Å²) in [6.45, 7) is 3.96. The van der Waals surface area contributed by atoms with E-state index in [2.05, 4.69) is 4.90 Å². The molecule has 0 aromatic heterocycles. The molecule has 1 amide bonds. The highest BCUT2D eigenvalue weighted by Gasteiger charge is 2.46. The summed E-state index contributed by atoms with van der Waals surface area (Å²) < 4.78 is 25.3. The predicted octanol–water partition coefficient (Wildman–Crippen LogP) is 2.98. The minimum absolute atomic E-state index is 0.110. The summed E-state index contributed by atoms with van der Waals surface area (Å²) >= 11 is 0. The number of carbonyl (C=O) groups excluding carboxylic acids is 2. The summed E-state index contributed by atoms with van der Waals surface area (Å²) in [5.74, 6) is -1.84. The van der Waals surface area contributed by atoms with E-state index >= 15 is 0 Å². The molecule has 2 aromatic carbocycles. The van der Waals surface area contributed by atoms with Crippen LogP contribution in [0, 0.1) is 5.82 Å². The maximum Gasteiger partial charge on any atom is 0.295 e. The van der Waals surface area contributed by atoms with Gasteiger partial charge in [-0.3, -0.25) is 14.5 Å². The molecule has 2 fully saturated rings. The minimum Gasteiger partial charge on any atom is -0.507 e. The fraction of sp³-hybridized carbons (Fsp3) is 0.360. The molecule has 0 radical (unpaired) electrons. The van der Waals surface area contributed by atoms with Crippen LogP contribution in [0.2, 0.25) is 0 Å². The Morgan fingerprint density at radius 1 is 1.09 bits per heavy atom. The van der Waals surface area contributed by atoms with Crippen LogP contribution in [0.1, 0.15) is 23.6 Å². The van der Waals surface area contributed by atoms with Gasteiger partial charge >= 0.3 is 0 Å². The molecular weight excluding hydrogens is 427 g/mol. The van der Waals surface area contributed by atoms with Crippen molar-refractivity contribution in [1.29, 1.82) is 0 Å². The van der Waals surface area contributed by atoms with Crippen LogP contribution >= 0.6 is 0 Å². The first-order valence-electron chi connectivity index (χ1n) is 11.0. The zero-order valence-corrected chi connectivity index (χ0v) is 18.5. The van der Waals surface area contributed by atoms with Crippen molar-refractivity contribution >= 4 is 17.4 Å². The Morgan fingerprint density at radius 3 is 2.45 bits per heavy atom. The summed E-state index contributed by atoms with van der Waals surface area (Å²) in [6, 6.07) is 11.5. The lowest BCUT2D eigenvalue weighted by Gasteiger charge is -2.29. The number of benzene rings is 2. The Hall–Kier alpha value is -3.23. The van der Waals surface area contributed by atoms with Gasteiger partial charge in [-0.15, -0.1) is 0 Å². The van der Waals surface area contributed by atoms with Gasteiger partial charge in [-0.05, 0) is 36.8 Å². The fourth-order valence-corrected chi connectivity index (χ4v) is 4.32. The number of aliphatic hydroxyl groups is 1. The molecule has 2 saturated heterocycles.